The van der Waals surface area contributed by atoms with Crippen LogP contribution in [0.1, 0.15) is 24.6 Å². The van der Waals surface area contributed by atoms with Crippen molar-refractivity contribution >= 4 is 17.3 Å². The summed E-state index contributed by atoms with van der Waals surface area (Å²) in [6.45, 7) is 7.43. The number of hydrogen-bond acceptors (Lipinski definition) is 3. The number of rotatable bonds is 6. The predicted octanol–water partition coefficient (Wildman–Crippen LogP) is 2.53. The monoisotopic (exact) mass is 322 g/mol. The zero-order valence-corrected chi connectivity index (χ0v) is 15.0. The number of guanidine groups is 1. The Morgan fingerprint density at radius 2 is 2.41 bits per heavy atom. The molecule has 0 radical (unpaired) electrons. The zero-order valence-electron chi connectivity index (χ0n) is 14.2. The molecule has 0 amide bonds. The number of likely N-dealkylation sites (tertiary alicyclic amines) is 1. The van der Waals surface area contributed by atoms with Gasteiger partial charge in [-0.3, -0.25) is 4.99 Å². The Morgan fingerprint density at radius 1 is 1.55 bits per heavy atom. The first kappa shape index (κ1) is 17.3. The van der Waals surface area contributed by atoms with Crippen molar-refractivity contribution in [3.63, 3.8) is 0 Å². The zero-order chi connectivity index (χ0) is 15.8. The first-order chi connectivity index (χ1) is 10.7. The van der Waals surface area contributed by atoms with Crippen molar-refractivity contribution in [2.45, 2.75) is 26.2 Å². The van der Waals surface area contributed by atoms with Gasteiger partial charge in [0.1, 0.15) is 0 Å². The van der Waals surface area contributed by atoms with E-state index in [9.17, 15) is 0 Å². The van der Waals surface area contributed by atoms with Crippen molar-refractivity contribution in [3.8, 4) is 0 Å². The van der Waals surface area contributed by atoms with Crippen molar-refractivity contribution < 1.29 is 0 Å². The van der Waals surface area contributed by atoms with Gasteiger partial charge in [0.15, 0.2) is 5.96 Å². The van der Waals surface area contributed by atoms with Crippen LogP contribution in [0.15, 0.2) is 22.5 Å². The average molecular weight is 323 g/mol. The van der Waals surface area contributed by atoms with Gasteiger partial charge in [0.25, 0.3) is 0 Å². The van der Waals surface area contributed by atoms with Crippen molar-refractivity contribution in [1.82, 2.24) is 15.1 Å². The molecule has 1 aliphatic rings. The molecule has 0 spiro atoms. The molecule has 1 aliphatic heterocycles. The van der Waals surface area contributed by atoms with E-state index in [0.29, 0.717) is 5.92 Å². The van der Waals surface area contributed by atoms with E-state index in [0.717, 1.165) is 32.0 Å². The van der Waals surface area contributed by atoms with Gasteiger partial charge >= 0.3 is 0 Å². The highest BCUT2D eigenvalue weighted by Gasteiger charge is 2.17. The summed E-state index contributed by atoms with van der Waals surface area (Å²) >= 11 is 1.83. The smallest absolute Gasteiger partial charge is 0.193 e. The number of thiophene rings is 1. The summed E-state index contributed by atoms with van der Waals surface area (Å²) in [5, 5.41) is 5.58. The summed E-state index contributed by atoms with van der Waals surface area (Å²) < 4.78 is 0. The molecule has 0 aromatic carbocycles. The molecular weight excluding hydrogens is 292 g/mol. The first-order valence-electron chi connectivity index (χ1n) is 8.39. The third-order valence-electron chi connectivity index (χ3n) is 4.19. The van der Waals surface area contributed by atoms with Gasteiger partial charge in [-0.25, -0.2) is 0 Å². The predicted molar refractivity (Wildman–Crippen MR) is 96.9 cm³/mol. The molecule has 5 heteroatoms. The van der Waals surface area contributed by atoms with Crippen molar-refractivity contribution in [2.75, 3.05) is 46.8 Å². The number of nitrogens with one attached hydrogen (secondary N) is 1. The van der Waals surface area contributed by atoms with Crippen LogP contribution in [0.3, 0.4) is 0 Å². The van der Waals surface area contributed by atoms with Crippen molar-refractivity contribution in [2.24, 2.45) is 10.9 Å². The second kappa shape index (κ2) is 9.16. The highest BCUT2D eigenvalue weighted by molar-refractivity contribution is 7.09. The number of piperidine rings is 1. The molecule has 1 saturated heterocycles. The Morgan fingerprint density at radius 3 is 3.09 bits per heavy atom. The topological polar surface area (TPSA) is 30.9 Å². The number of aliphatic imine (C=N–C) groups is 1. The van der Waals surface area contributed by atoms with Gasteiger partial charge in [0, 0.05) is 38.1 Å². The molecule has 124 valence electrons. The number of nitrogens with zero attached hydrogens (tertiary/aromatic N) is 3. The maximum absolute atomic E-state index is 4.88. The summed E-state index contributed by atoms with van der Waals surface area (Å²) in [6.07, 6.45) is 3.71. The van der Waals surface area contributed by atoms with Gasteiger partial charge in [-0.1, -0.05) is 6.07 Å². The van der Waals surface area contributed by atoms with E-state index in [1.54, 1.807) is 0 Å². The van der Waals surface area contributed by atoms with Gasteiger partial charge in [-0.2, -0.15) is 0 Å². The van der Waals surface area contributed by atoms with Crippen LogP contribution in [-0.2, 0) is 6.42 Å². The Hall–Kier alpha value is -1.07. The van der Waals surface area contributed by atoms with Crippen LogP contribution in [0.2, 0.25) is 0 Å². The molecule has 1 N–H and O–H groups in total. The summed E-state index contributed by atoms with van der Waals surface area (Å²) in [5.74, 6) is 1.75. The Bertz CT molecular complexity index is 444. The minimum atomic E-state index is 0.707. The van der Waals surface area contributed by atoms with E-state index >= 15 is 0 Å². The molecule has 4 nitrogen and oxygen atoms in total. The van der Waals surface area contributed by atoms with Crippen LogP contribution in [0.5, 0.6) is 0 Å². The highest BCUT2D eigenvalue weighted by atomic mass is 32.1. The summed E-state index contributed by atoms with van der Waals surface area (Å²) in [5.41, 5.74) is 0. The molecule has 1 aromatic heterocycles. The van der Waals surface area contributed by atoms with E-state index in [1.165, 1.54) is 30.8 Å². The maximum Gasteiger partial charge on any atom is 0.193 e. The third kappa shape index (κ3) is 5.61. The van der Waals surface area contributed by atoms with E-state index in [-0.39, 0.29) is 0 Å². The summed E-state index contributed by atoms with van der Waals surface area (Å²) in [6, 6.07) is 4.33. The Balaban J connectivity index is 1.85. The fourth-order valence-corrected chi connectivity index (χ4v) is 3.64. The van der Waals surface area contributed by atoms with E-state index in [4.69, 9.17) is 4.99 Å². The van der Waals surface area contributed by atoms with Gasteiger partial charge < -0.3 is 15.1 Å². The average Bonchev–Trinajstić information content (AvgIpc) is 3.02. The fourth-order valence-electron chi connectivity index (χ4n) is 2.95. The summed E-state index contributed by atoms with van der Waals surface area (Å²) in [7, 11) is 4.36. The van der Waals surface area contributed by atoms with E-state index in [1.807, 2.05) is 11.3 Å². The molecule has 1 aromatic rings. The number of likely N-dealkylation sites (N-methyl/N-ethyl adjacent to an activating group) is 1. The van der Waals surface area contributed by atoms with Crippen LogP contribution >= 0.6 is 11.3 Å². The Labute approximate surface area is 139 Å². The molecule has 22 heavy (non-hydrogen) atoms. The molecular formula is C17H30N4S. The standard InChI is InChI=1S/C17H30N4S/c1-4-18-17(19-13-15-7-5-10-20(2)14-15)21(3)11-9-16-8-6-12-22-16/h6,8,12,15H,4-5,7,9-11,13-14H2,1-3H3,(H,18,19). The largest absolute Gasteiger partial charge is 0.357 e. The highest BCUT2D eigenvalue weighted by Crippen LogP contribution is 2.15. The number of hydrogen-bond donors (Lipinski definition) is 1. The molecule has 2 heterocycles. The minimum Gasteiger partial charge on any atom is -0.357 e. The van der Waals surface area contributed by atoms with E-state index < -0.39 is 0 Å². The lowest BCUT2D eigenvalue weighted by atomic mass is 9.99. The Kier molecular flexibility index (Phi) is 7.19. The van der Waals surface area contributed by atoms with Crippen LogP contribution in [0, 0.1) is 5.92 Å². The van der Waals surface area contributed by atoms with Crippen LogP contribution < -0.4 is 5.32 Å². The quantitative estimate of drug-likeness (QED) is 0.645. The van der Waals surface area contributed by atoms with Crippen molar-refractivity contribution in [3.05, 3.63) is 22.4 Å². The normalized spacial score (nSPS) is 20.1. The van der Waals surface area contributed by atoms with Gasteiger partial charge in [-0.05, 0) is 57.1 Å². The second-order valence-electron chi connectivity index (χ2n) is 6.22. The molecule has 0 aliphatic carbocycles. The molecule has 2 rings (SSSR count). The van der Waals surface area contributed by atoms with Gasteiger partial charge in [0.2, 0.25) is 0 Å². The van der Waals surface area contributed by atoms with Gasteiger partial charge in [-0.15, -0.1) is 11.3 Å². The van der Waals surface area contributed by atoms with Gasteiger partial charge in [0.05, 0.1) is 0 Å². The van der Waals surface area contributed by atoms with E-state index in [2.05, 4.69) is 53.6 Å². The lowest BCUT2D eigenvalue weighted by molar-refractivity contribution is 0.214. The van der Waals surface area contributed by atoms with Crippen molar-refractivity contribution in [1.29, 1.82) is 0 Å². The fraction of sp³-hybridized carbons (Fsp3) is 0.706. The molecule has 1 unspecified atom stereocenters. The van der Waals surface area contributed by atoms with Crippen LogP contribution in [-0.4, -0.2) is 62.6 Å². The minimum absolute atomic E-state index is 0.707. The van der Waals surface area contributed by atoms with Crippen LogP contribution in [0.25, 0.3) is 0 Å². The van der Waals surface area contributed by atoms with Crippen LogP contribution in [0.4, 0.5) is 0 Å². The molecule has 1 atom stereocenters. The molecule has 0 saturated carbocycles. The summed E-state index contributed by atoms with van der Waals surface area (Å²) in [4.78, 5) is 11.0. The second-order valence-corrected chi connectivity index (χ2v) is 7.25. The lowest BCUT2D eigenvalue weighted by Crippen LogP contribution is -2.41. The maximum atomic E-state index is 4.88. The molecule has 1 fully saturated rings. The molecule has 0 bridgehead atoms. The lowest BCUT2D eigenvalue weighted by Gasteiger charge is -2.29. The first-order valence-corrected chi connectivity index (χ1v) is 9.27. The third-order valence-corrected chi connectivity index (χ3v) is 5.13. The SMILES string of the molecule is CCNC(=NCC1CCCN(C)C1)N(C)CCc1cccs1.